The molecule has 21 heavy (non-hydrogen) atoms. The van der Waals surface area contributed by atoms with Crippen molar-refractivity contribution in [2.45, 2.75) is 38.5 Å². The van der Waals surface area contributed by atoms with Crippen molar-refractivity contribution < 1.29 is 17.9 Å². The summed E-state index contributed by atoms with van der Waals surface area (Å²) in [7, 11) is -0.534. The van der Waals surface area contributed by atoms with Crippen molar-refractivity contribution in [2.75, 3.05) is 27.3 Å². The molecule has 5 nitrogen and oxygen atoms in total. The van der Waals surface area contributed by atoms with Crippen LogP contribution in [-0.4, -0.2) is 40.0 Å². The lowest BCUT2D eigenvalue weighted by atomic mass is 10.2. The first kappa shape index (κ1) is 17.8. The molecule has 0 amide bonds. The van der Waals surface area contributed by atoms with Crippen LogP contribution >= 0.6 is 0 Å². The van der Waals surface area contributed by atoms with E-state index in [0.717, 1.165) is 12.8 Å². The average molecular weight is 315 g/mol. The quantitative estimate of drug-likeness (QED) is 0.740. The lowest BCUT2D eigenvalue weighted by Gasteiger charge is -2.23. The number of sulfonamides is 1. The van der Waals surface area contributed by atoms with Gasteiger partial charge in [0.05, 0.1) is 14.2 Å². The van der Waals surface area contributed by atoms with E-state index >= 15 is 0 Å². The topological polar surface area (TPSA) is 55.8 Å². The monoisotopic (exact) mass is 315 g/mol. The van der Waals surface area contributed by atoms with Gasteiger partial charge >= 0.3 is 0 Å². The second-order valence-corrected chi connectivity index (χ2v) is 6.73. The molecule has 0 atom stereocenters. The summed E-state index contributed by atoms with van der Waals surface area (Å²) in [5.74, 6) is 0.967. The van der Waals surface area contributed by atoms with E-state index in [1.807, 2.05) is 13.8 Å². The van der Waals surface area contributed by atoms with Gasteiger partial charge in [0.25, 0.3) is 0 Å². The molecule has 0 spiro atoms. The van der Waals surface area contributed by atoms with Crippen LogP contribution in [0.15, 0.2) is 17.0 Å². The molecule has 0 aromatic heterocycles. The van der Waals surface area contributed by atoms with Crippen molar-refractivity contribution in [3.8, 4) is 11.5 Å². The first-order valence-corrected chi connectivity index (χ1v) is 8.59. The van der Waals surface area contributed by atoms with E-state index in [9.17, 15) is 8.42 Å². The molecular formula is C15H25NO4S. The number of hydrogen-bond donors (Lipinski definition) is 0. The predicted molar refractivity (Wildman–Crippen MR) is 83.6 cm³/mol. The van der Waals surface area contributed by atoms with Gasteiger partial charge in [-0.25, -0.2) is 8.42 Å². The molecule has 0 fully saturated rings. The Morgan fingerprint density at radius 3 is 2.05 bits per heavy atom. The van der Waals surface area contributed by atoms with Crippen molar-refractivity contribution in [3.05, 3.63) is 17.7 Å². The molecule has 0 heterocycles. The predicted octanol–water partition coefficient (Wildman–Crippen LogP) is 2.82. The van der Waals surface area contributed by atoms with Crippen LogP contribution in [0.5, 0.6) is 11.5 Å². The highest BCUT2D eigenvalue weighted by Crippen LogP contribution is 2.35. The number of hydrogen-bond acceptors (Lipinski definition) is 4. The summed E-state index contributed by atoms with van der Waals surface area (Å²) in [4.78, 5) is 0.199. The molecule has 1 aromatic rings. The molecule has 0 aliphatic carbocycles. The van der Waals surface area contributed by atoms with Crippen LogP contribution in [0.4, 0.5) is 0 Å². The first-order chi connectivity index (χ1) is 9.93. The Labute approximate surface area is 127 Å². The van der Waals surface area contributed by atoms with Crippen molar-refractivity contribution >= 4 is 10.0 Å². The number of benzene rings is 1. The normalized spacial score (nSPS) is 11.7. The number of methoxy groups -OCH3 is 2. The third-order valence-corrected chi connectivity index (χ3v) is 5.23. The summed E-state index contributed by atoms with van der Waals surface area (Å²) in [6, 6.07) is 3.22. The van der Waals surface area contributed by atoms with Gasteiger partial charge in [0.1, 0.15) is 16.4 Å². The van der Waals surface area contributed by atoms with Crippen LogP contribution in [-0.2, 0) is 10.0 Å². The summed E-state index contributed by atoms with van der Waals surface area (Å²) < 4.78 is 37.8. The number of rotatable bonds is 8. The molecule has 0 aliphatic rings. The van der Waals surface area contributed by atoms with Gasteiger partial charge in [0, 0.05) is 18.7 Å². The van der Waals surface area contributed by atoms with Gasteiger partial charge in [0.15, 0.2) is 0 Å². The fraction of sp³-hybridized carbons (Fsp3) is 0.600. The van der Waals surface area contributed by atoms with E-state index in [0.29, 0.717) is 30.2 Å². The van der Waals surface area contributed by atoms with E-state index < -0.39 is 10.0 Å². The van der Waals surface area contributed by atoms with Gasteiger partial charge in [-0.05, 0) is 31.9 Å². The standard InChI is InChI=1S/C15H25NO4S/c1-6-10-16(11-7-2)21(17,18)14-9-8-13(19-4)12(3)15(14)20-5/h8-9H,6-7,10-11H2,1-5H3. The molecule has 0 N–H and O–H groups in total. The van der Waals surface area contributed by atoms with E-state index in [-0.39, 0.29) is 4.90 Å². The van der Waals surface area contributed by atoms with Gasteiger partial charge in [-0.3, -0.25) is 0 Å². The van der Waals surface area contributed by atoms with Crippen LogP contribution in [0.3, 0.4) is 0 Å². The van der Waals surface area contributed by atoms with Gasteiger partial charge in [-0.1, -0.05) is 13.8 Å². The highest BCUT2D eigenvalue weighted by molar-refractivity contribution is 7.89. The average Bonchev–Trinajstić information content (AvgIpc) is 2.46. The molecule has 0 bridgehead atoms. The Hall–Kier alpha value is -1.27. The maximum atomic E-state index is 12.8. The molecule has 1 rings (SSSR count). The minimum Gasteiger partial charge on any atom is -0.496 e. The highest BCUT2D eigenvalue weighted by Gasteiger charge is 2.28. The molecule has 0 saturated carbocycles. The second-order valence-electron chi connectivity index (χ2n) is 4.83. The fourth-order valence-corrected chi connectivity index (χ4v) is 4.15. The Balaban J connectivity index is 3.39. The summed E-state index contributed by atoms with van der Waals surface area (Å²) in [5.41, 5.74) is 0.689. The van der Waals surface area contributed by atoms with Crippen LogP contribution < -0.4 is 9.47 Å². The molecular weight excluding hydrogens is 290 g/mol. The first-order valence-electron chi connectivity index (χ1n) is 7.15. The van der Waals surface area contributed by atoms with Crippen molar-refractivity contribution in [1.82, 2.24) is 4.31 Å². The largest absolute Gasteiger partial charge is 0.496 e. The van der Waals surface area contributed by atoms with Crippen molar-refractivity contribution in [2.24, 2.45) is 0 Å². The minimum atomic E-state index is -3.56. The van der Waals surface area contributed by atoms with E-state index in [1.54, 1.807) is 26.2 Å². The maximum Gasteiger partial charge on any atom is 0.246 e. The van der Waals surface area contributed by atoms with E-state index in [1.165, 1.54) is 11.4 Å². The minimum absolute atomic E-state index is 0.199. The second kappa shape index (κ2) is 7.66. The number of nitrogens with zero attached hydrogens (tertiary/aromatic N) is 1. The fourth-order valence-electron chi connectivity index (χ4n) is 2.32. The Morgan fingerprint density at radius 1 is 1.05 bits per heavy atom. The van der Waals surface area contributed by atoms with Gasteiger partial charge in [-0.15, -0.1) is 0 Å². The molecule has 0 aliphatic heterocycles. The Morgan fingerprint density at radius 2 is 1.62 bits per heavy atom. The Kier molecular flexibility index (Phi) is 6.48. The van der Waals surface area contributed by atoms with Gasteiger partial charge in [-0.2, -0.15) is 4.31 Å². The van der Waals surface area contributed by atoms with E-state index in [4.69, 9.17) is 9.47 Å². The van der Waals surface area contributed by atoms with Gasteiger partial charge in [0.2, 0.25) is 10.0 Å². The molecule has 6 heteroatoms. The van der Waals surface area contributed by atoms with Crippen molar-refractivity contribution in [3.63, 3.8) is 0 Å². The third-order valence-electron chi connectivity index (χ3n) is 3.31. The summed E-state index contributed by atoms with van der Waals surface area (Å²) >= 11 is 0. The zero-order valence-electron chi connectivity index (χ0n) is 13.5. The van der Waals surface area contributed by atoms with Crippen LogP contribution in [0.2, 0.25) is 0 Å². The zero-order chi connectivity index (χ0) is 16.0. The van der Waals surface area contributed by atoms with Crippen LogP contribution in [0.25, 0.3) is 0 Å². The maximum absolute atomic E-state index is 12.8. The molecule has 120 valence electrons. The van der Waals surface area contributed by atoms with Crippen molar-refractivity contribution in [1.29, 1.82) is 0 Å². The SMILES string of the molecule is CCCN(CCC)S(=O)(=O)c1ccc(OC)c(C)c1OC. The number of ether oxygens (including phenoxy) is 2. The molecule has 0 saturated heterocycles. The molecule has 1 aromatic carbocycles. The lowest BCUT2D eigenvalue weighted by Crippen LogP contribution is -2.32. The van der Waals surface area contributed by atoms with Gasteiger partial charge < -0.3 is 9.47 Å². The summed E-state index contributed by atoms with van der Waals surface area (Å²) in [6.07, 6.45) is 1.55. The summed E-state index contributed by atoms with van der Waals surface area (Å²) in [6.45, 7) is 6.73. The smallest absolute Gasteiger partial charge is 0.246 e. The van der Waals surface area contributed by atoms with Crippen LogP contribution in [0.1, 0.15) is 32.3 Å². The Bertz CT molecular complexity index is 563. The molecule has 0 unspecified atom stereocenters. The molecule has 0 radical (unpaired) electrons. The lowest BCUT2D eigenvalue weighted by molar-refractivity contribution is 0.373. The van der Waals surface area contributed by atoms with Crippen LogP contribution in [0, 0.1) is 6.92 Å². The summed E-state index contributed by atoms with van der Waals surface area (Å²) in [5, 5.41) is 0. The zero-order valence-corrected chi connectivity index (χ0v) is 14.3. The highest BCUT2D eigenvalue weighted by atomic mass is 32.2. The van der Waals surface area contributed by atoms with E-state index in [2.05, 4.69) is 0 Å². The third kappa shape index (κ3) is 3.68.